The van der Waals surface area contributed by atoms with Crippen molar-refractivity contribution in [3.63, 3.8) is 0 Å². The van der Waals surface area contributed by atoms with Crippen molar-refractivity contribution in [2.75, 3.05) is 30.0 Å². The van der Waals surface area contributed by atoms with Gasteiger partial charge in [-0.3, -0.25) is 43.7 Å². The number of nitrogens with zero attached hydrogens (tertiary/aromatic N) is 3. The first kappa shape index (κ1) is 62.5. The highest BCUT2D eigenvalue weighted by Gasteiger charge is 2.37. The molecule has 0 spiro atoms. The molecule has 0 radical (unpaired) electrons. The molecule has 0 bridgehead atoms. The average molecular weight is 1180 g/mol. The SMILES string of the molecule is C[C@@H](O)C1NC(=O)[C@H](CCCCN)NC(=O)[C@@H](Cc2c[nH]c3ccccc23)NC(=O)C(Cc2ccccc2)NC(=O)[C@@H](NC(=O)[C@@H](Cc2ccccc2)Nc2ccc([N+](=O)[O-])c3nonc23)CSSCC(C(=O)N[C@H](CO)[C@@H](C)O)NC1=O. The van der Waals surface area contributed by atoms with E-state index in [0.717, 1.165) is 32.5 Å². The predicted octanol–water partition coefficient (Wildman–Crippen LogP) is 0.792. The zero-order valence-corrected chi connectivity index (χ0v) is 47.0. The molecule has 442 valence electrons. The fraction of sp³-hybridized carbons (Fsp3) is 0.400. The minimum Gasteiger partial charge on any atom is -0.394 e. The number of fused-ring (bicyclic) bond motifs is 2. The van der Waals surface area contributed by atoms with E-state index in [9.17, 15) is 49.4 Å². The van der Waals surface area contributed by atoms with Crippen molar-refractivity contribution >= 4 is 96.2 Å². The van der Waals surface area contributed by atoms with E-state index in [2.05, 4.69) is 57.8 Å². The Morgan fingerprint density at radius 1 is 0.759 bits per heavy atom. The summed E-state index contributed by atoms with van der Waals surface area (Å²) in [6, 6.07) is 15.9. The van der Waals surface area contributed by atoms with Crippen molar-refractivity contribution in [1.29, 1.82) is 0 Å². The summed E-state index contributed by atoms with van der Waals surface area (Å²) in [5, 5.41) is 73.5. The highest BCUT2D eigenvalue weighted by atomic mass is 33.1. The maximum atomic E-state index is 15.1. The number of hydrogen-bond donors (Lipinski definition) is 13. The summed E-state index contributed by atoms with van der Waals surface area (Å²) in [5.41, 5.74) is 7.90. The number of para-hydroxylation sites is 1. The molecule has 28 heteroatoms. The standard InChI is InChI=1S/C55H67N13O13S2/c1-30(70)42(27-69)62-54(77)44-29-83-82-28-43(63-50(73)39(23-32-13-5-3-6-14-32)58-37-20-21-45(68(79)80)48-47(37)66-81-67-48)53(76)60-40(24-33-15-7-4-8-16-33)51(74)61-41(25-34-26-57-36-18-10-9-17-35(34)36)52(75)59-38(19-11-12-22-56)49(72)65-46(31(2)71)55(78)64-44/h3-10,13-18,20-21,26,30-31,38-44,46,57-58,69-71H,11-12,19,22-25,27-29,56H2,1-2H3,(H,59,75)(H,60,76)(H,61,74)(H,62,77)(H,63,73)(H,64,78)(H,65,72)/t30-,31-,38+,39-,40?,41-,42-,43+,44?,46?/m1/s1. The number of aromatic amines is 1. The fourth-order valence-electron chi connectivity index (χ4n) is 9.12. The molecule has 1 saturated heterocycles. The number of nitro benzene ring substituents is 1. The largest absolute Gasteiger partial charge is 0.394 e. The van der Waals surface area contributed by atoms with Crippen LogP contribution in [-0.2, 0) is 52.8 Å². The zero-order chi connectivity index (χ0) is 59.6. The van der Waals surface area contributed by atoms with Gasteiger partial charge in [0.1, 0.15) is 42.3 Å². The Bertz CT molecular complexity index is 3210. The second kappa shape index (κ2) is 30.2. The first-order valence-corrected chi connectivity index (χ1v) is 29.3. The summed E-state index contributed by atoms with van der Waals surface area (Å²) in [5.74, 6) is -6.63. The highest BCUT2D eigenvalue weighted by molar-refractivity contribution is 8.76. The van der Waals surface area contributed by atoms with Crippen molar-refractivity contribution < 1.29 is 58.4 Å². The Balaban J connectivity index is 1.29. The number of H-pyrrole nitrogens is 1. The molecule has 2 aromatic heterocycles. The summed E-state index contributed by atoms with van der Waals surface area (Å²) in [6.45, 7) is 2.11. The lowest BCUT2D eigenvalue weighted by Crippen LogP contribution is -2.62. The van der Waals surface area contributed by atoms with Crippen LogP contribution < -0.4 is 48.3 Å². The normalized spacial score (nSPS) is 21.2. The van der Waals surface area contributed by atoms with Gasteiger partial charge in [0.05, 0.1) is 35.5 Å². The summed E-state index contributed by atoms with van der Waals surface area (Å²) in [4.78, 5) is 117. The van der Waals surface area contributed by atoms with Crippen LogP contribution in [0, 0.1) is 10.1 Å². The van der Waals surface area contributed by atoms with E-state index in [1.807, 2.05) is 18.2 Å². The van der Waals surface area contributed by atoms with Crippen LogP contribution in [0.5, 0.6) is 0 Å². The number of benzene rings is 4. The number of nitrogens with two attached hydrogens (primary N) is 1. The van der Waals surface area contributed by atoms with E-state index in [1.54, 1.807) is 72.9 Å². The zero-order valence-electron chi connectivity index (χ0n) is 45.3. The molecule has 10 atom stereocenters. The number of rotatable bonds is 20. The highest BCUT2D eigenvalue weighted by Crippen LogP contribution is 2.30. The van der Waals surface area contributed by atoms with Gasteiger partial charge < -0.3 is 68.6 Å². The van der Waals surface area contributed by atoms with Crippen molar-refractivity contribution in [3.05, 3.63) is 130 Å². The summed E-state index contributed by atoms with van der Waals surface area (Å²) >= 11 is 0. The number of non-ortho nitro benzene ring substituents is 1. The van der Waals surface area contributed by atoms with Gasteiger partial charge in [-0.05, 0) is 78.8 Å². The minimum atomic E-state index is -1.72. The molecule has 1 fully saturated rings. The summed E-state index contributed by atoms with van der Waals surface area (Å²) in [6.07, 6.45) is -0.667. The Labute approximate surface area is 483 Å². The third-order valence-electron chi connectivity index (χ3n) is 13.7. The molecule has 26 nitrogen and oxygen atoms in total. The van der Waals surface area contributed by atoms with Crippen LogP contribution in [0.15, 0.2) is 108 Å². The molecule has 1 aliphatic rings. The number of amides is 7. The molecule has 0 saturated carbocycles. The van der Waals surface area contributed by atoms with Crippen molar-refractivity contribution in [2.24, 2.45) is 5.73 Å². The summed E-state index contributed by atoms with van der Waals surface area (Å²) < 4.78 is 4.88. The van der Waals surface area contributed by atoms with E-state index in [0.29, 0.717) is 29.5 Å². The van der Waals surface area contributed by atoms with Crippen LogP contribution in [0.2, 0.25) is 0 Å². The van der Waals surface area contributed by atoms with Crippen LogP contribution in [-0.4, -0.2) is 162 Å². The number of aromatic nitrogens is 3. The number of carbonyl (C=O) groups excluding carboxylic acids is 7. The Hall–Kier alpha value is -8.15. The first-order valence-electron chi connectivity index (χ1n) is 26.8. The van der Waals surface area contributed by atoms with Gasteiger partial charge in [0.2, 0.25) is 46.9 Å². The smallest absolute Gasteiger partial charge is 0.300 e. The summed E-state index contributed by atoms with van der Waals surface area (Å²) in [7, 11) is 1.94. The first-order chi connectivity index (χ1) is 39.9. The van der Waals surface area contributed by atoms with Gasteiger partial charge in [-0.15, -0.1) is 0 Å². The van der Waals surface area contributed by atoms with E-state index in [1.165, 1.54) is 26.0 Å². The maximum absolute atomic E-state index is 15.1. The Morgan fingerprint density at radius 3 is 2.06 bits per heavy atom. The lowest BCUT2D eigenvalue weighted by molar-refractivity contribution is -0.383. The van der Waals surface area contributed by atoms with Gasteiger partial charge >= 0.3 is 5.69 Å². The van der Waals surface area contributed by atoms with Gasteiger partial charge in [-0.25, -0.2) is 4.63 Å². The molecule has 6 aromatic rings. The number of hydrogen-bond acceptors (Lipinski definition) is 19. The van der Waals surface area contributed by atoms with Crippen molar-refractivity contribution in [2.45, 2.75) is 113 Å². The van der Waals surface area contributed by atoms with Crippen LogP contribution in [0.1, 0.15) is 49.8 Å². The molecule has 0 aliphatic carbocycles. The molecule has 3 unspecified atom stereocenters. The molecule has 7 rings (SSSR count). The molecule has 14 N–H and O–H groups in total. The van der Waals surface area contributed by atoms with Crippen LogP contribution in [0.25, 0.3) is 21.9 Å². The maximum Gasteiger partial charge on any atom is 0.300 e. The third-order valence-corrected chi connectivity index (χ3v) is 16.2. The average Bonchev–Trinajstić information content (AvgIpc) is 4.39. The third kappa shape index (κ3) is 17.2. The lowest BCUT2D eigenvalue weighted by atomic mass is 10.0. The van der Waals surface area contributed by atoms with Gasteiger partial charge in [-0.1, -0.05) is 100 Å². The van der Waals surface area contributed by atoms with Crippen molar-refractivity contribution in [1.82, 2.24) is 52.5 Å². The number of aliphatic hydroxyl groups excluding tert-OH is 3. The second-order valence-electron chi connectivity index (χ2n) is 19.9. The lowest BCUT2D eigenvalue weighted by Gasteiger charge is -2.29. The molecular weight excluding hydrogens is 1110 g/mol. The van der Waals surface area contributed by atoms with Crippen LogP contribution in [0.4, 0.5) is 11.4 Å². The van der Waals surface area contributed by atoms with E-state index in [4.69, 9.17) is 10.4 Å². The monoisotopic (exact) mass is 1180 g/mol. The van der Waals surface area contributed by atoms with Gasteiger partial charge in [0.15, 0.2) is 5.52 Å². The number of carbonyl (C=O) groups is 7. The molecule has 83 heavy (non-hydrogen) atoms. The van der Waals surface area contributed by atoms with E-state index < -0.39 is 119 Å². The quantitative estimate of drug-likeness (QED) is 0.0217. The van der Waals surface area contributed by atoms with E-state index in [-0.39, 0.29) is 60.5 Å². The molecule has 4 aromatic carbocycles. The molecule has 7 amide bonds. The second-order valence-corrected chi connectivity index (χ2v) is 22.5. The van der Waals surface area contributed by atoms with Gasteiger partial charge in [0.25, 0.3) is 0 Å². The number of nitrogens with one attached hydrogen (secondary N) is 9. The van der Waals surface area contributed by atoms with Gasteiger partial charge in [-0.2, -0.15) is 0 Å². The van der Waals surface area contributed by atoms with Crippen LogP contribution in [0.3, 0.4) is 0 Å². The Kier molecular flexibility index (Phi) is 22.8. The minimum absolute atomic E-state index is 0.00534. The van der Waals surface area contributed by atoms with Crippen LogP contribution >= 0.6 is 21.6 Å². The van der Waals surface area contributed by atoms with E-state index >= 15 is 9.59 Å². The Morgan fingerprint density at radius 2 is 1.39 bits per heavy atom. The molecular formula is C55H67N13O13S2. The molecule has 1 aliphatic heterocycles. The molecule has 3 heterocycles. The number of anilines is 1. The van der Waals surface area contributed by atoms with Crippen molar-refractivity contribution in [3.8, 4) is 0 Å². The van der Waals surface area contributed by atoms with Gasteiger partial charge in [0, 0.05) is 53.9 Å². The number of unbranched alkanes of at least 4 members (excludes halogenated alkanes) is 1. The topological polar surface area (TPSA) is 400 Å². The number of aliphatic hydroxyl groups is 3. The number of nitro groups is 1. The predicted molar refractivity (Wildman–Crippen MR) is 310 cm³/mol. The fourth-order valence-corrected chi connectivity index (χ4v) is 11.5.